The van der Waals surface area contributed by atoms with Crippen molar-refractivity contribution in [2.45, 2.75) is 33.3 Å². The van der Waals surface area contributed by atoms with Gasteiger partial charge in [0.05, 0.1) is 16.4 Å². The molecule has 3 N–H and O–H groups in total. The van der Waals surface area contributed by atoms with Crippen LogP contribution in [0.1, 0.15) is 26.3 Å². The van der Waals surface area contributed by atoms with Crippen LogP contribution in [0, 0.1) is 6.92 Å². The van der Waals surface area contributed by atoms with Crippen molar-refractivity contribution in [2.24, 2.45) is 0 Å². The maximum Gasteiger partial charge on any atom is 0.239 e. The Morgan fingerprint density at radius 1 is 1.19 bits per heavy atom. The van der Waals surface area contributed by atoms with Gasteiger partial charge in [-0.05, 0) is 57.5 Å². The molecule has 112 valence electrons. The van der Waals surface area contributed by atoms with E-state index < -0.39 is 0 Å². The molecule has 0 saturated carbocycles. The zero-order chi connectivity index (χ0) is 15.6. The highest BCUT2D eigenvalue weighted by Gasteiger charge is 2.15. The summed E-state index contributed by atoms with van der Waals surface area (Å²) in [6.07, 6.45) is 0. The molecule has 0 aliphatic carbocycles. The minimum atomic E-state index is -0.360. The number of nitrogen functional groups attached to an aromatic ring is 1. The predicted molar refractivity (Wildman–Crippen MR) is 88.5 cm³/mol. The number of ether oxygens (including phenoxy) is 1. The van der Waals surface area contributed by atoms with Crippen molar-refractivity contribution >= 4 is 28.8 Å². The van der Waals surface area contributed by atoms with Gasteiger partial charge in [0, 0.05) is 0 Å². The third-order valence-electron chi connectivity index (χ3n) is 2.68. The topological polar surface area (TPSA) is 60.2 Å². The van der Waals surface area contributed by atoms with E-state index in [0.717, 1.165) is 11.3 Å². The highest BCUT2D eigenvalue weighted by atomic mass is 35.5. The van der Waals surface area contributed by atoms with Crippen LogP contribution in [0.5, 0.6) is 5.88 Å². The molecular formula is C16H20ClN3O. The van der Waals surface area contributed by atoms with E-state index in [-0.39, 0.29) is 5.60 Å². The van der Waals surface area contributed by atoms with Crippen LogP contribution in [0.3, 0.4) is 0 Å². The van der Waals surface area contributed by atoms with E-state index in [2.05, 4.69) is 10.3 Å². The molecule has 0 unspecified atom stereocenters. The fraction of sp³-hybridized carbons (Fsp3) is 0.312. The van der Waals surface area contributed by atoms with E-state index in [1.165, 1.54) is 0 Å². The Hall–Kier alpha value is -1.94. The lowest BCUT2D eigenvalue weighted by Gasteiger charge is -2.21. The Labute approximate surface area is 130 Å². The number of halogens is 1. The van der Waals surface area contributed by atoms with Crippen molar-refractivity contribution in [2.75, 3.05) is 11.1 Å². The summed E-state index contributed by atoms with van der Waals surface area (Å²) < 4.78 is 5.75. The number of hydrogen-bond acceptors (Lipinski definition) is 4. The summed E-state index contributed by atoms with van der Waals surface area (Å²) in [5.41, 5.74) is 7.94. The van der Waals surface area contributed by atoms with Gasteiger partial charge >= 0.3 is 0 Å². The fourth-order valence-electron chi connectivity index (χ4n) is 1.75. The Balaban J connectivity index is 2.26. The minimum Gasteiger partial charge on any atom is -0.470 e. The zero-order valence-electron chi connectivity index (χ0n) is 12.7. The lowest BCUT2D eigenvalue weighted by molar-refractivity contribution is 0.125. The van der Waals surface area contributed by atoms with Gasteiger partial charge < -0.3 is 15.8 Å². The molecule has 0 spiro atoms. The van der Waals surface area contributed by atoms with E-state index in [1.54, 1.807) is 12.1 Å². The van der Waals surface area contributed by atoms with Crippen molar-refractivity contribution in [3.8, 4) is 5.88 Å². The number of nitrogens with two attached hydrogens (primary N) is 1. The summed E-state index contributed by atoms with van der Waals surface area (Å²) >= 11 is 6.21. The molecule has 0 aliphatic rings. The molecule has 5 heteroatoms. The van der Waals surface area contributed by atoms with Crippen LogP contribution in [0.15, 0.2) is 30.3 Å². The molecule has 0 radical (unpaired) electrons. The lowest BCUT2D eigenvalue weighted by Crippen LogP contribution is -2.24. The van der Waals surface area contributed by atoms with E-state index in [0.29, 0.717) is 22.4 Å². The molecule has 2 aromatic rings. The highest BCUT2D eigenvalue weighted by Crippen LogP contribution is 2.29. The maximum atomic E-state index is 6.21. The van der Waals surface area contributed by atoms with Crippen LogP contribution in [0.25, 0.3) is 0 Å². The molecule has 0 bridgehead atoms. The number of benzene rings is 1. The van der Waals surface area contributed by atoms with E-state index in [9.17, 15) is 0 Å². The second kappa shape index (κ2) is 5.82. The first-order valence-corrected chi connectivity index (χ1v) is 7.11. The normalized spacial score (nSPS) is 11.3. The number of aromatic nitrogens is 1. The summed E-state index contributed by atoms with van der Waals surface area (Å²) in [7, 11) is 0. The molecule has 1 aromatic heterocycles. The number of nitrogens with one attached hydrogen (secondary N) is 1. The number of nitrogens with zero attached hydrogens (tertiary/aromatic N) is 1. The van der Waals surface area contributed by atoms with Gasteiger partial charge in [0.2, 0.25) is 5.88 Å². The van der Waals surface area contributed by atoms with Crippen molar-refractivity contribution < 1.29 is 4.74 Å². The largest absolute Gasteiger partial charge is 0.470 e. The van der Waals surface area contributed by atoms with Crippen molar-refractivity contribution in [1.29, 1.82) is 0 Å². The van der Waals surface area contributed by atoms with Crippen LogP contribution in [0.2, 0.25) is 5.02 Å². The third kappa shape index (κ3) is 4.26. The van der Waals surface area contributed by atoms with E-state index in [1.807, 2.05) is 45.9 Å². The van der Waals surface area contributed by atoms with E-state index >= 15 is 0 Å². The van der Waals surface area contributed by atoms with Crippen LogP contribution in [-0.4, -0.2) is 10.6 Å². The summed E-state index contributed by atoms with van der Waals surface area (Å²) in [5.74, 6) is 1.05. The van der Waals surface area contributed by atoms with Gasteiger partial charge in [0.1, 0.15) is 11.4 Å². The second-order valence-electron chi connectivity index (χ2n) is 5.91. The van der Waals surface area contributed by atoms with Crippen molar-refractivity contribution in [3.63, 3.8) is 0 Å². The Bertz CT molecular complexity index is 650. The first-order chi connectivity index (χ1) is 9.74. The lowest BCUT2D eigenvalue weighted by atomic mass is 10.2. The first-order valence-electron chi connectivity index (χ1n) is 6.73. The standard InChI is InChI=1S/C16H20ClN3O/c1-10-5-7-13(11(17)9-10)19-14-8-6-12(18)15(20-14)21-16(2,3)4/h5-9H,18H2,1-4H3,(H,19,20). The van der Waals surface area contributed by atoms with Gasteiger partial charge in [-0.2, -0.15) is 4.98 Å². The molecule has 0 amide bonds. The van der Waals surface area contributed by atoms with Crippen LogP contribution < -0.4 is 15.8 Å². The first kappa shape index (κ1) is 15.4. The third-order valence-corrected chi connectivity index (χ3v) is 2.99. The highest BCUT2D eigenvalue weighted by molar-refractivity contribution is 6.33. The number of rotatable bonds is 3. The SMILES string of the molecule is Cc1ccc(Nc2ccc(N)c(OC(C)(C)C)n2)c(Cl)c1. The predicted octanol–water partition coefficient (Wildman–Crippen LogP) is 4.55. The summed E-state index contributed by atoms with van der Waals surface area (Å²) in [4.78, 5) is 4.40. The molecular weight excluding hydrogens is 286 g/mol. The van der Waals surface area contributed by atoms with Gasteiger partial charge in [-0.15, -0.1) is 0 Å². The second-order valence-corrected chi connectivity index (χ2v) is 6.32. The van der Waals surface area contributed by atoms with Crippen LogP contribution in [-0.2, 0) is 0 Å². The molecule has 0 fully saturated rings. The van der Waals surface area contributed by atoms with Crippen LogP contribution in [0.4, 0.5) is 17.2 Å². The summed E-state index contributed by atoms with van der Waals surface area (Å²) in [5, 5.41) is 3.82. The number of pyridine rings is 1. The quantitative estimate of drug-likeness (QED) is 0.873. The van der Waals surface area contributed by atoms with Crippen molar-refractivity contribution in [3.05, 3.63) is 40.9 Å². The van der Waals surface area contributed by atoms with Gasteiger partial charge in [0.15, 0.2) is 0 Å². The zero-order valence-corrected chi connectivity index (χ0v) is 13.5. The minimum absolute atomic E-state index is 0.360. The average molecular weight is 306 g/mol. The van der Waals surface area contributed by atoms with Gasteiger partial charge in [-0.25, -0.2) is 0 Å². The van der Waals surface area contributed by atoms with Gasteiger partial charge in [-0.3, -0.25) is 0 Å². The maximum absolute atomic E-state index is 6.21. The molecule has 1 heterocycles. The molecule has 0 saturated heterocycles. The Morgan fingerprint density at radius 3 is 2.52 bits per heavy atom. The van der Waals surface area contributed by atoms with Crippen LogP contribution >= 0.6 is 11.6 Å². The molecule has 2 rings (SSSR count). The smallest absolute Gasteiger partial charge is 0.239 e. The monoisotopic (exact) mass is 305 g/mol. The fourth-order valence-corrected chi connectivity index (χ4v) is 2.03. The van der Waals surface area contributed by atoms with Gasteiger partial charge in [-0.1, -0.05) is 17.7 Å². The van der Waals surface area contributed by atoms with E-state index in [4.69, 9.17) is 22.1 Å². The molecule has 4 nitrogen and oxygen atoms in total. The van der Waals surface area contributed by atoms with Crippen molar-refractivity contribution in [1.82, 2.24) is 4.98 Å². The summed E-state index contributed by atoms with van der Waals surface area (Å²) in [6.45, 7) is 7.84. The molecule has 0 atom stereocenters. The Morgan fingerprint density at radius 2 is 1.90 bits per heavy atom. The number of anilines is 3. The number of aryl methyl sites for hydroxylation is 1. The van der Waals surface area contributed by atoms with Gasteiger partial charge in [0.25, 0.3) is 0 Å². The number of hydrogen-bond donors (Lipinski definition) is 2. The molecule has 21 heavy (non-hydrogen) atoms. The Kier molecular flexibility index (Phi) is 4.28. The molecule has 1 aromatic carbocycles. The summed E-state index contributed by atoms with van der Waals surface area (Å²) in [6, 6.07) is 9.35. The average Bonchev–Trinajstić information content (AvgIpc) is 2.35. The molecule has 0 aliphatic heterocycles.